The molecule has 0 bridgehead atoms. The van der Waals surface area contributed by atoms with Crippen molar-refractivity contribution in [3.05, 3.63) is 0 Å². The van der Waals surface area contributed by atoms with Crippen molar-refractivity contribution in [2.45, 2.75) is 53.9 Å². The van der Waals surface area contributed by atoms with Crippen molar-refractivity contribution < 1.29 is 0 Å². The van der Waals surface area contributed by atoms with Crippen molar-refractivity contribution >= 4 is 0 Å². The van der Waals surface area contributed by atoms with Gasteiger partial charge < -0.3 is 0 Å². The van der Waals surface area contributed by atoms with E-state index in [9.17, 15) is 0 Å². The van der Waals surface area contributed by atoms with Crippen molar-refractivity contribution in [1.82, 2.24) is 0 Å². The summed E-state index contributed by atoms with van der Waals surface area (Å²) in [6.45, 7) is 12.0. The Morgan fingerprint density at radius 1 is 1.15 bits per heavy atom. The standard InChI is InChI=1S/C13H26/c1-6-12(9(2)3)13-8-10(4)7-11(13)5/h9-13H,6-8H2,1-5H3. The van der Waals surface area contributed by atoms with Crippen LogP contribution in [0.4, 0.5) is 0 Å². The zero-order chi connectivity index (χ0) is 10.0. The molecule has 0 amide bonds. The molecule has 1 fully saturated rings. The van der Waals surface area contributed by atoms with E-state index in [0.29, 0.717) is 0 Å². The van der Waals surface area contributed by atoms with Gasteiger partial charge in [-0.25, -0.2) is 0 Å². The minimum atomic E-state index is 0.878. The molecule has 0 nitrogen and oxygen atoms in total. The van der Waals surface area contributed by atoms with Gasteiger partial charge in [-0.2, -0.15) is 0 Å². The predicted octanol–water partition coefficient (Wildman–Crippen LogP) is 4.35. The van der Waals surface area contributed by atoms with Crippen LogP contribution in [0.15, 0.2) is 0 Å². The van der Waals surface area contributed by atoms with Gasteiger partial charge in [0, 0.05) is 0 Å². The van der Waals surface area contributed by atoms with Crippen molar-refractivity contribution in [3.8, 4) is 0 Å². The summed E-state index contributed by atoms with van der Waals surface area (Å²) < 4.78 is 0. The van der Waals surface area contributed by atoms with Gasteiger partial charge in [-0.1, -0.05) is 41.0 Å². The minimum Gasteiger partial charge on any atom is -0.0651 e. The van der Waals surface area contributed by atoms with Crippen molar-refractivity contribution in [2.75, 3.05) is 0 Å². The van der Waals surface area contributed by atoms with Gasteiger partial charge in [0.05, 0.1) is 0 Å². The van der Waals surface area contributed by atoms with E-state index in [1.807, 2.05) is 0 Å². The predicted molar refractivity (Wildman–Crippen MR) is 59.7 cm³/mol. The third kappa shape index (κ3) is 2.48. The van der Waals surface area contributed by atoms with Crippen LogP contribution >= 0.6 is 0 Å². The maximum absolute atomic E-state index is 2.46. The highest BCUT2D eigenvalue weighted by Gasteiger charge is 2.34. The Balaban J connectivity index is 2.58. The van der Waals surface area contributed by atoms with E-state index in [1.54, 1.807) is 0 Å². The zero-order valence-electron chi connectivity index (χ0n) is 10.0. The summed E-state index contributed by atoms with van der Waals surface area (Å²) >= 11 is 0. The lowest BCUT2D eigenvalue weighted by molar-refractivity contribution is 0.204. The van der Waals surface area contributed by atoms with Crippen LogP contribution in [0.2, 0.25) is 0 Å². The summed E-state index contributed by atoms with van der Waals surface area (Å²) in [6.07, 6.45) is 4.32. The molecule has 13 heavy (non-hydrogen) atoms. The summed E-state index contributed by atoms with van der Waals surface area (Å²) in [5, 5.41) is 0. The van der Waals surface area contributed by atoms with E-state index in [0.717, 1.165) is 29.6 Å². The Bertz CT molecular complexity index is 148. The van der Waals surface area contributed by atoms with Crippen LogP contribution in [0.1, 0.15) is 53.9 Å². The number of rotatable bonds is 3. The van der Waals surface area contributed by atoms with Gasteiger partial charge in [0.2, 0.25) is 0 Å². The lowest BCUT2D eigenvalue weighted by atomic mass is 9.77. The molecule has 1 saturated carbocycles. The largest absolute Gasteiger partial charge is 0.0651 e. The molecule has 78 valence electrons. The number of hydrogen-bond donors (Lipinski definition) is 0. The van der Waals surface area contributed by atoms with E-state index < -0.39 is 0 Å². The first-order valence-corrected chi connectivity index (χ1v) is 6.06. The molecule has 0 heterocycles. The van der Waals surface area contributed by atoms with E-state index in [2.05, 4.69) is 34.6 Å². The molecule has 0 N–H and O–H groups in total. The average molecular weight is 182 g/mol. The lowest BCUT2D eigenvalue weighted by Gasteiger charge is -2.29. The van der Waals surface area contributed by atoms with Gasteiger partial charge in [-0.3, -0.25) is 0 Å². The smallest absolute Gasteiger partial charge is 0.0355 e. The minimum absolute atomic E-state index is 0.878. The normalized spacial score (nSPS) is 36.9. The molecule has 0 aliphatic heterocycles. The SMILES string of the molecule is CCC(C(C)C)C1CC(C)CC1C. The van der Waals surface area contributed by atoms with Crippen LogP contribution in [0, 0.1) is 29.6 Å². The highest BCUT2D eigenvalue weighted by atomic mass is 14.4. The maximum Gasteiger partial charge on any atom is -0.0355 e. The zero-order valence-corrected chi connectivity index (χ0v) is 10.0. The fraction of sp³-hybridized carbons (Fsp3) is 1.00. The van der Waals surface area contributed by atoms with Gasteiger partial charge in [0.1, 0.15) is 0 Å². The first-order chi connectivity index (χ1) is 6.06. The van der Waals surface area contributed by atoms with Crippen LogP contribution in [0.5, 0.6) is 0 Å². The Labute approximate surface area is 84.1 Å². The number of hydrogen-bond acceptors (Lipinski definition) is 0. The molecule has 0 aromatic carbocycles. The summed E-state index contributed by atoms with van der Waals surface area (Å²) in [5.74, 6) is 4.82. The fourth-order valence-electron chi connectivity index (χ4n) is 3.47. The highest BCUT2D eigenvalue weighted by Crippen LogP contribution is 2.43. The molecule has 1 rings (SSSR count). The van der Waals surface area contributed by atoms with Crippen molar-refractivity contribution in [3.63, 3.8) is 0 Å². The van der Waals surface area contributed by atoms with Crippen LogP contribution in [0.25, 0.3) is 0 Å². The highest BCUT2D eigenvalue weighted by molar-refractivity contribution is 4.84. The Hall–Kier alpha value is 0. The second-order valence-corrected chi connectivity index (χ2v) is 5.53. The van der Waals surface area contributed by atoms with E-state index in [4.69, 9.17) is 0 Å². The van der Waals surface area contributed by atoms with Gasteiger partial charge in [-0.05, 0) is 42.4 Å². The quantitative estimate of drug-likeness (QED) is 0.608. The van der Waals surface area contributed by atoms with Gasteiger partial charge in [-0.15, -0.1) is 0 Å². The summed E-state index contributed by atoms with van der Waals surface area (Å²) in [4.78, 5) is 0. The van der Waals surface area contributed by atoms with Gasteiger partial charge >= 0.3 is 0 Å². The Kier molecular flexibility index (Phi) is 3.82. The topological polar surface area (TPSA) is 0 Å². The molecule has 0 saturated heterocycles. The van der Waals surface area contributed by atoms with Gasteiger partial charge in [0.25, 0.3) is 0 Å². The van der Waals surface area contributed by atoms with Crippen molar-refractivity contribution in [1.29, 1.82) is 0 Å². The molecule has 0 aromatic heterocycles. The second kappa shape index (κ2) is 4.48. The summed E-state index contributed by atoms with van der Waals surface area (Å²) in [6, 6.07) is 0. The third-order valence-electron chi connectivity index (χ3n) is 4.06. The third-order valence-corrected chi connectivity index (χ3v) is 4.06. The van der Waals surface area contributed by atoms with Crippen LogP contribution in [-0.2, 0) is 0 Å². The van der Waals surface area contributed by atoms with E-state index in [1.165, 1.54) is 19.3 Å². The summed E-state index contributed by atoms with van der Waals surface area (Å²) in [7, 11) is 0. The summed E-state index contributed by atoms with van der Waals surface area (Å²) in [5.41, 5.74) is 0. The molecule has 4 unspecified atom stereocenters. The monoisotopic (exact) mass is 182 g/mol. The Morgan fingerprint density at radius 2 is 1.77 bits per heavy atom. The molecule has 0 heteroatoms. The fourth-order valence-corrected chi connectivity index (χ4v) is 3.47. The molecule has 0 spiro atoms. The molecule has 1 aliphatic rings. The van der Waals surface area contributed by atoms with Crippen LogP contribution < -0.4 is 0 Å². The van der Waals surface area contributed by atoms with Crippen LogP contribution in [0.3, 0.4) is 0 Å². The first-order valence-electron chi connectivity index (χ1n) is 6.06. The average Bonchev–Trinajstić information content (AvgIpc) is 2.31. The van der Waals surface area contributed by atoms with Crippen LogP contribution in [-0.4, -0.2) is 0 Å². The first kappa shape index (κ1) is 11.1. The molecule has 4 atom stereocenters. The maximum atomic E-state index is 2.46. The van der Waals surface area contributed by atoms with Crippen molar-refractivity contribution in [2.24, 2.45) is 29.6 Å². The van der Waals surface area contributed by atoms with Gasteiger partial charge in [0.15, 0.2) is 0 Å². The lowest BCUT2D eigenvalue weighted by Crippen LogP contribution is -2.21. The molecule has 1 aliphatic carbocycles. The molecular weight excluding hydrogens is 156 g/mol. The molecule has 0 radical (unpaired) electrons. The molecular formula is C13H26. The Morgan fingerprint density at radius 3 is 2.08 bits per heavy atom. The second-order valence-electron chi connectivity index (χ2n) is 5.53. The van der Waals surface area contributed by atoms with E-state index >= 15 is 0 Å². The van der Waals surface area contributed by atoms with E-state index in [-0.39, 0.29) is 0 Å². The molecule has 0 aromatic rings.